The summed E-state index contributed by atoms with van der Waals surface area (Å²) in [7, 11) is 0. The second-order valence-electron chi connectivity index (χ2n) is 20.3. The minimum Gasteiger partial charge on any atom is -0.458 e. The molecule has 15 aromatic rings. The highest BCUT2D eigenvalue weighted by Gasteiger charge is 2.41. The predicted molar refractivity (Wildman–Crippen MR) is 318 cm³/mol. The molecule has 358 valence electrons. The van der Waals surface area contributed by atoms with Gasteiger partial charge in [-0.05, 0) is 154 Å². The van der Waals surface area contributed by atoms with E-state index in [1.165, 1.54) is 21.5 Å². The van der Waals surface area contributed by atoms with Crippen LogP contribution in [0.4, 0.5) is 34.1 Å². The second kappa shape index (κ2) is 16.1. The highest BCUT2D eigenvalue weighted by Crippen LogP contribution is 2.46. The molecule has 0 aliphatic carbocycles. The minimum absolute atomic E-state index is 0.196. The summed E-state index contributed by atoms with van der Waals surface area (Å²) in [6.07, 6.45) is 0. The average Bonchev–Trinajstić information content (AvgIpc) is 4.18. The van der Waals surface area contributed by atoms with Gasteiger partial charge in [-0.15, -0.1) is 0 Å². The van der Waals surface area contributed by atoms with E-state index in [1.807, 2.05) is 18.2 Å². The zero-order valence-electron chi connectivity index (χ0n) is 41.3. The molecule has 0 saturated heterocycles. The Bertz CT molecular complexity index is 4650. The fraction of sp³-hybridized carbons (Fsp3) is 0. The minimum atomic E-state index is -0.196. The summed E-state index contributed by atoms with van der Waals surface area (Å²) in [5.74, 6) is 3.16. The number of hydrogen-bond donors (Lipinski definition) is 0. The Morgan fingerprint density at radius 2 is 0.701 bits per heavy atom. The standard InChI is InChI=1S/C70H41BN2O4/c1-3-18-46(19-4-1)72(60-24-11-16-42-14-7-9-22-50(42)60)48-30-34-52-44(36-48)28-32-54-56-38-66-58(40-64(56)76-69(52)54)71-59-41-65-57(39-67(59)75-63-27-13-26-62(74-66)68(63)71)55-33-29-45-37-49(31-35-53(45)70(55)77-65)73(47-20-5-2-6-21-47)61-25-12-17-43-15-8-10-23-51(43)61/h1-41H. The number of anilines is 6. The molecule has 4 heterocycles. The molecule has 0 radical (unpaired) electrons. The molecule has 2 aliphatic heterocycles. The lowest BCUT2D eigenvalue weighted by Crippen LogP contribution is -2.57. The summed E-state index contributed by atoms with van der Waals surface area (Å²) in [6.45, 7) is -0.196. The molecule has 0 bridgehead atoms. The van der Waals surface area contributed by atoms with Crippen molar-refractivity contribution in [2.75, 3.05) is 9.80 Å². The van der Waals surface area contributed by atoms with Crippen LogP contribution in [0.25, 0.3) is 87.0 Å². The zero-order valence-corrected chi connectivity index (χ0v) is 41.3. The van der Waals surface area contributed by atoms with Gasteiger partial charge in [0.05, 0.1) is 11.4 Å². The van der Waals surface area contributed by atoms with Crippen LogP contribution in [0.15, 0.2) is 258 Å². The van der Waals surface area contributed by atoms with Crippen LogP contribution in [0.1, 0.15) is 0 Å². The maximum atomic E-state index is 7.00. The van der Waals surface area contributed by atoms with E-state index in [0.717, 1.165) is 139 Å². The number of para-hydroxylation sites is 2. The van der Waals surface area contributed by atoms with Crippen molar-refractivity contribution in [3.63, 3.8) is 0 Å². The first-order valence-corrected chi connectivity index (χ1v) is 26.2. The molecule has 7 heteroatoms. The lowest BCUT2D eigenvalue weighted by molar-refractivity contribution is 0.465. The van der Waals surface area contributed by atoms with Crippen molar-refractivity contribution in [2.45, 2.75) is 0 Å². The molecule has 0 fully saturated rings. The van der Waals surface area contributed by atoms with Crippen LogP contribution in [0.3, 0.4) is 0 Å². The summed E-state index contributed by atoms with van der Waals surface area (Å²) >= 11 is 0. The third kappa shape index (κ3) is 6.32. The maximum absolute atomic E-state index is 7.00. The summed E-state index contributed by atoms with van der Waals surface area (Å²) in [5.41, 5.74) is 12.9. The molecule has 2 aromatic heterocycles. The van der Waals surface area contributed by atoms with Crippen molar-refractivity contribution in [2.24, 2.45) is 0 Å². The van der Waals surface area contributed by atoms with Gasteiger partial charge in [-0.25, -0.2) is 0 Å². The van der Waals surface area contributed by atoms with Gasteiger partial charge in [0.15, 0.2) is 0 Å². The molecule has 0 saturated carbocycles. The Kier molecular flexibility index (Phi) is 8.83. The Morgan fingerprint density at radius 3 is 1.19 bits per heavy atom. The number of furan rings is 2. The van der Waals surface area contributed by atoms with E-state index >= 15 is 0 Å². The van der Waals surface area contributed by atoms with Gasteiger partial charge >= 0.3 is 0 Å². The first kappa shape index (κ1) is 42.2. The van der Waals surface area contributed by atoms with Gasteiger partial charge < -0.3 is 28.1 Å². The predicted octanol–water partition coefficient (Wildman–Crippen LogP) is 17.8. The van der Waals surface area contributed by atoms with Crippen LogP contribution in [0.5, 0.6) is 23.0 Å². The molecule has 13 aromatic carbocycles. The van der Waals surface area contributed by atoms with E-state index < -0.39 is 0 Å². The lowest BCUT2D eigenvalue weighted by Gasteiger charge is -2.32. The summed E-state index contributed by atoms with van der Waals surface area (Å²) in [4.78, 5) is 4.69. The van der Waals surface area contributed by atoms with E-state index in [1.54, 1.807) is 0 Å². The lowest BCUT2D eigenvalue weighted by atomic mass is 9.35. The molecular formula is C70H41BN2O4. The Labute approximate surface area is 441 Å². The van der Waals surface area contributed by atoms with Gasteiger partial charge in [0.25, 0.3) is 6.71 Å². The largest absolute Gasteiger partial charge is 0.458 e. The van der Waals surface area contributed by atoms with Gasteiger partial charge in [-0.3, -0.25) is 0 Å². The monoisotopic (exact) mass is 984 g/mol. The van der Waals surface area contributed by atoms with E-state index in [4.69, 9.17) is 18.3 Å². The Balaban J connectivity index is 0.782. The third-order valence-corrected chi connectivity index (χ3v) is 16.1. The fourth-order valence-corrected chi connectivity index (χ4v) is 12.6. The number of nitrogens with zero attached hydrogens (tertiary/aromatic N) is 2. The molecule has 0 atom stereocenters. The summed E-state index contributed by atoms with van der Waals surface area (Å²) in [5, 5.41) is 13.1. The molecule has 6 nitrogen and oxygen atoms in total. The number of ether oxygens (including phenoxy) is 2. The van der Waals surface area contributed by atoms with Crippen LogP contribution >= 0.6 is 0 Å². The molecule has 0 spiro atoms. The van der Waals surface area contributed by atoms with E-state index in [-0.39, 0.29) is 6.71 Å². The van der Waals surface area contributed by atoms with Crippen LogP contribution < -0.4 is 35.7 Å². The molecular weight excluding hydrogens is 944 g/mol. The first-order valence-electron chi connectivity index (χ1n) is 26.2. The van der Waals surface area contributed by atoms with Gasteiger partial charge in [-0.2, -0.15) is 0 Å². The Morgan fingerprint density at radius 1 is 0.273 bits per heavy atom. The van der Waals surface area contributed by atoms with Crippen molar-refractivity contribution in [3.8, 4) is 23.0 Å². The van der Waals surface area contributed by atoms with Gasteiger partial charge in [0.2, 0.25) is 0 Å². The SMILES string of the molecule is c1ccc(N(c2ccc3c(ccc4c5cc6c(cc5oc34)B3c4cc5oc7c8ccc(N(c9ccccc9)c9cccc%10ccccc9%10)cc8ccc7c5cc4Oc4cccc(c43)O6)c2)c2cccc3ccccc23)cc1. The van der Waals surface area contributed by atoms with Gasteiger partial charge in [0, 0.05) is 71.3 Å². The first-order chi connectivity index (χ1) is 38.1. The van der Waals surface area contributed by atoms with Crippen molar-refractivity contribution in [1.29, 1.82) is 0 Å². The Hall–Kier alpha value is -10.2. The van der Waals surface area contributed by atoms with Gasteiger partial charge in [0.1, 0.15) is 45.3 Å². The van der Waals surface area contributed by atoms with Crippen molar-refractivity contribution in [3.05, 3.63) is 249 Å². The average molecular weight is 985 g/mol. The van der Waals surface area contributed by atoms with Crippen LogP contribution in [0, 0.1) is 0 Å². The molecule has 0 unspecified atom stereocenters. The summed E-state index contributed by atoms with van der Waals surface area (Å²) in [6, 6.07) is 88.3. The van der Waals surface area contributed by atoms with Crippen molar-refractivity contribution in [1.82, 2.24) is 0 Å². The smallest absolute Gasteiger partial charge is 0.261 e. The molecule has 0 N–H and O–H groups in total. The maximum Gasteiger partial charge on any atom is 0.261 e. The number of fused-ring (bicyclic) bond motifs is 16. The highest BCUT2D eigenvalue weighted by atomic mass is 16.5. The third-order valence-electron chi connectivity index (χ3n) is 16.1. The van der Waals surface area contributed by atoms with Crippen LogP contribution in [0.2, 0.25) is 0 Å². The number of rotatable bonds is 6. The van der Waals surface area contributed by atoms with E-state index in [9.17, 15) is 0 Å². The van der Waals surface area contributed by atoms with Crippen molar-refractivity contribution < 1.29 is 18.3 Å². The zero-order chi connectivity index (χ0) is 50.3. The van der Waals surface area contributed by atoms with Gasteiger partial charge in [-0.1, -0.05) is 127 Å². The number of benzene rings is 13. The van der Waals surface area contributed by atoms with Crippen LogP contribution in [-0.2, 0) is 0 Å². The van der Waals surface area contributed by atoms with Crippen molar-refractivity contribution >= 4 is 144 Å². The van der Waals surface area contributed by atoms with Crippen LogP contribution in [-0.4, -0.2) is 6.71 Å². The number of hydrogen-bond acceptors (Lipinski definition) is 6. The molecule has 0 amide bonds. The molecule has 2 aliphatic rings. The normalized spacial score (nSPS) is 12.6. The van der Waals surface area contributed by atoms with E-state index in [0.29, 0.717) is 0 Å². The summed E-state index contributed by atoms with van der Waals surface area (Å²) < 4.78 is 27.7. The molecule has 17 rings (SSSR count). The fourth-order valence-electron chi connectivity index (χ4n) is 12.6. The second-order valence-corrected chi connectivity index (χ2v) is 20.3. The van der Waals surface area contributed by atoms with E-state index in [2.05, 4.69) is 240 Å². The topological polar surface area (TPSA) is 51.2 Å². The quantitative estimate of drug-likeness (QED) is 0.155. The highest BCUT2D eigenvalue weighted by molar-refractivity contribution is 6.98. The molecule has 77 heavy (non-hydrogen) atoms.